The minimum atomic E-state index is -3.14. The number of hydrogen-bond acceptors (Lipinski definition) is 3. The first-order valence-corrected chi connectivity index (χ1v) is 5.60. The summed E-state index contributed by atoms with van der Waals surface area (Å²) in [5.41, 5.74) is 0. The van der Waals surface area contributed by atoms with Crippen LogP contribution in [0.4, 0.5) is 0 Å². The summed E-state index contributed by atoms with van der Waals surface area (Å²) in [4.78, 5) is 10.7. The zero-order valence-electron chi connectivity index (χ0n) is 6.83. The first-order valence-electron chi connectivity index (χ1n) is 3.71. The highest BCUT2D eigenvalue weighted by Crippen LogP contribution is 2.02. The Morgan fingerprint density at radius 3 is 2.67 bits per heavy atom. The quantitative estimate of drug-likeness (QED) is 0.578. The van der Waals surface area contributed by atoms with Crippen LogP contribution in [-0.4, -0.2) is 33.2 Å². The van der Waals surface area contributed by atoms with Crippen LogP contribution in [0.15, 0.2) is 0 Å². The molecule has 0 aliphatic carbocycles. The average molecular weight is 192 g/mol. The number of carbonyl (C=O) groups is 1. The Morgan fingerprint density at radius 2 is 2.25 bits per heavy atom. The van der Waals surface area contributed by atoms with Crippen LogP contribution in [0.3, 0.4) is 0 Å². The Morgan fingerprint density at radius 1 is 1.58 bits per heavy atom. The van der Waals surface area contributed by atoms with E-state index in [1.165, 1.54) is 0 Å². The fraction of sp³-hybridized carbons (Fsp3) is 0.833. The van der Waals surface area contributed by atoms with Crippen molar-refractivity contribution in [1.82, 2.24) is 10.0 Å². The van der Waals surface area contributed by atoms with Gasteiger partial charge in [-0.25, -0.2) is 13.1 Å². The van der Waals surface area contributed by atoms with Gasteiger partial charge in [0.1, 0.15) is 0 Å². The van der Waals surface area contributed by atoms with E-state index in [1.807, 2.05) is 0 Å². The van der Waals surface area contributed by atoms with Crippen molar-refractivity contribution in [3.05, 3.63) is 0 Å². The highest BCUT2D eigenvalue weighted by Gasteiger charge is 2.20. The summed E-state index contributed by atoms with van der Waals surface area (Å²) in [5.74, 6) is -0.0125. The summed E-state index contributed by atoms with van der Waals surface area (Å²) in [6, 6.07) is -0.141. The van der Waals surface area contributed by atoms with E-state index in [2.05, 4.69) is 10.0 Å². The van der Waals surface area contributed by atoms with Crippen LogP contribution in [0.25, 0.3) is 0 Å². The molecule has 1 heterocycles. The molecule has 1 aliphatic rings. The maximum absolute atomic E-state index is 10.8. The molecule has 1 fully saturated rings. The smallest absolute Gasteiger partial charge is 0.220 e. The van der Waals surface area contributed by atoms with Crippen LogP contribution >= 0.6 is 0 Å². The zero-order valence-corrected chi connectivity index (χ0v) is 7.65. The normalized spacial score (nSPS) is 25.1. The van der Waals surface area contributed by atoms with E-state index in [0.29, 0.717) is 19.4 Å². The van der Waals surface area contributed by atoms with Gasteiger partial charge in [0.25, 0.3) is 0 Å². The lowest BCUT2D eigenvalue weighted by Gasteiger charge is -2.22. The summed E-state index contributed by atoms with van der Waals surface area (Å²) in [6.45, 7) is 0.395. The van der Waals surface area contributed by atoms with Crippen molar-refractivity contribution in [3.8, 4) is 0 Å². The second-order valence-corrected chi connectivity index (χ2v) is 4.71. The van der Waals surface area contributed by atoms with Crippen LogP contribution in [0.1, 0.15) is 12.8 Å². The number of piperidine rings is 1. The maximum atomic E-state index is 10.8. The lowest BCUT2D eigenvalue weighted by molar-refractivity contribution is -0.122. The topological polar surface area (TPSA) is 75.3 Å². The monoisotopic (exact) mass is 192 g/mol. The van der Waals surface area contributed by atoms with Crippen molar-refractivity contribution >= 4 is 15.9 Å². The van der Waals surface area contributed by atoms with Gasteiger partial charge in [-0.15, -0.1) is 0 Å². The fourth-order valence-corrected chi connectivity index (χ4v) is 1.94. The van der Waals surface area contributed by atoms with E-state index in [1.54, 1.807) is 0 Å². The van der Waals surface area contributed by atoms with Gasteiger partial charge in [0.05, 0.1) is 6.26 Å². The second kappa shape index (κ2) is 3.40. The van der Waals surface area contributed by atoms with Gasteiger partial charge in [0.15, 0.2) is 0 Å². The molecule has 0 saturated carbocycles. The number of carbonyl (C=O) groups excluding carboxylic acids is 1. The van der Waals surface area contributed by atoms with E-state index in [-0.39, 0.29) is 11.9 Å². The van der Waals surface area contributed by atoms with Crippen LogP contribution in [-0.2, 0) is 14.8 Å². The molecule has 0 aromatic rings. The van der Waals surface area contributed by atoms with Gasteiger partial charge in [0, 0.05) is 19.0 Å². The summed E-state index contributed by atoms with van der Waals surface area (Å²) < 4.78 is 24.0. The maximum Gasteiger partial charge on any atom is 0.220 e. The molecular weight excluding hydrogens is 180 g/mol. The molecule has 0 spiro atoms. The molecule has 1 unspecified atom stereocenters. The molecule has 6 heteroatoms. The van der Waals surface area contributed by atoms with Crippen molar-refractivity contribution in [2.45, 2.75) is 18.9 Å². The molecule has 5 nitrogen and oxygen atoms in total. The van der Waals surface area contributed by atoms with Crippen LogP contribution in [0.2, 0.25) is 0 Å². The van der Waals surface area contributed by atoms with Gasteiger partial charge in [-0.1, -0.05) is 0 Å². The summed E-state index contributed by atoms with van der Waals surface area (Å²) in [7, 11) is -3.14. The van der Waals surface area contributed by atoms with Gasteiger partial charge < -0.3 is 5.32 Å². The van der Waals surface area contributed by atoms with E-state index in [4.69, 9.17) is 0 Å². The van der Waals surface area contributed by atoms with Crippen molar-refractivity contribution in [2.24, 2.45) is 0 Å². The summed E-state index contributed by atoms with van der Waals surface area (Å²) >= 11 is 0. The molecule has 0 aromatic carbocycles. The molecular formula is C6H12N2O3S. The van der Waals surface area contributed by atoms with Crippen molar-refractivity contribution in [2.75, 3.05) is 12.8 Å². The molecule has 70 valence electrons. The number of hydrogen-bond donors (Lipinski definition) is 2. The van der Waals surface area contributed by atoms with E-state index in [0.717, 1.165) is 6.26 Å². The number of nitrogens with one attached hydrogen (secondary N) is 2. The highest BCUT2D eigenvalue weighted by molar-refractivity contribution is 7.88. The molecule has 1 saturated heterocycles. The summed E-state index contributed by atoms with van der Waals surface area (Å²) in [6.07, 6.45) is 2.09. The minimum absolute atomic E-state index is 0.0125. The van der Waals surface area contributed by atoms with Gasteiger partial charge in [-0.3, -0.25) is 4.79 Å². The van der Waals surface area contributed by atoms with Crippen LogP contribution < -0.4 is 10.0 Å². The molecule has 1 atom stereocenters. The van der Waals surface area contributed by atoms with E-state index in [9.17, 15) is 13.2 Å². The Hall–Kier alpha value is -0.620. The molecule has 12 heavy (non-hydrogen) atoms. The fourth-order valence-electron chi connectivity index (χ4n) is 1.14. The van der Waals surface area contributed by atoms with E-state index < -0.39 is 10.0 Å². The Labute approximate surface area is 71.6 Å². The third kappa shape index (κ3) is 3.19. The lowest BCUT2D eigenvalue weighted by atomic mass is 10.1. The third-order valence-electron chi connectivity index (χ3n) is 1.65. The molecule has 1 amide bonds. The van der Waals surface area contributed by atoms with Crippen molar-refractivity contribution in [1.29, 1.82) is 0 Å². The Kier molecular flexibility index (Phi) is 2.69. The molecule has 0 aromatic heterocycles. The Bertz CT molecular complexity index is 263. The van der Waals surface area contributed by atoms with Crippen LogP contribution in [0.5, 0.6) is 0 Å². The van der Waals surface area contributed by atoms with Crippen molar-refractivity contribution in [3.63, 3.8) is 0 Å². The van der Waals surface area contributed by atoms with Crippen LogP contribution in [0, 0.1) is 0 Å². The standard InChI is InChI=1S/C6H12N2O3S/c1-12(10,11)8-5-2-3-6(9)7-4-5/h5,8H,2-4H2,1H3,(H,7,9). The average Bonchev–Trinajstić information content (AvgIpc) is 1.91. The predicted molar refractivity (Wildman–Crippen MR) is 44.0 cm³/mol. The summed E-state index contributed by atoms with van der Waals surface area (Å²) in [5, 5.41) is 2.59. The van der Waals surface area contributed by atoms with Gasteiger partial charge in [-0.2, -0.15) is 0 Å². The van der Waals surface area contributed by atoms with Gasteiger partial charge in [0.2, 0.25) is 15.9 Å². The molecule has 2 N–H and O–H groups in total. The second-order valence-electron chi connectivity index (χ2n) is 2.93. The number of sulfonamides is 1. The lowest BCUT2D eigenvalue weighted by Crippen LogP contribution is -2.47. The molecule has 1 aliphatic heterocycles. The number of amides is 1. The first-order chi connectivity index (χ1) is 5.47. The molecule has 0 bridgehead atoms. The molecule has 1 rings (SSSR count). The van der Waals surface area contributed by atoms with Gasteiger partial charge in [-0.05, 0) is 6.42 Å². The zero-order chi connectivity index (χ0) is 9.19. The first kappa shape index (κ1) is 9.47. The SMILES string of the molecule is CS(=O)(=O)NC1CCC(=O)NC1. The Balaban J connectivity index is 2.41. The predicted octanol–water partition coefficient (Wildman–Crippen LogP) is -1.19. The van der Waals surface area contributed by atoms with Gasteiger partial charge >= 0.3 is 0 Å². The third-order valence-corrected chi connectivity index (χ3v) is 2.41. The van der Waals surface area contributed by atoms with E-state index >= 15 is 0 Å². The highest BCUT2D eigenvalue weighted by atomic mass is 32.2. The number of rotatable bonds is 2. The van der Waals surface area contributed by atoms with Crippen molar-refractivity contribution < 1.29 is 13.2 Å². The largest absolute Gasteiger partial charge is 0.355 e. The minimum Gasteiger partial charge on any atom is -0.355 e. The molecule has 0 radical (unpaired) electrons.